The van der Waals surface area contributed by atoms with Crippen LogP contribution in [0.25, 0.3) is 65.7 Å². The standard InChI is InChI=1S/C37H52.C31H40O2.C29H36/c1-5-7-9-11-13-15-17-26-37(27-18-16-14-12-10-8-6-2)34-21-19-20-31-30(4)23-25-33(36(31)34)32-24-22-29(3)28-35(32)37;1-5-7-9-11-20-32-31(33-21-12-10-8-6-2)28-15-13-14-25-24(4)17-19-27(30(25)28)26-18-16-23(3)22-29(26)31;1-19(2)14-16-29(17-15-20(3)4)26-9-7-8-23-22(6)11-13-25(28(23)26)24-12-10-21(5)18-27(24)29/h19-25,28H,5-18,26-27H2,1-4H3;13-19,22H,5-12,20-21H2,1-4H3;7-13,18-20H,14-17H2,1-6H3. The Morgan fingerprint density at radius 2 is 0.586 bits per heavy atom. The predicted molar refractivity (Wildman–Crippen MR) is 432 cm³/mol. The van der Waals surface area contributed by atoms with Gasteiger partial charge in [-0.15, -0.1) is 0 Å². The maximum absolute atomic E-state index is 6.87. The Bertz CT molecular complexity index is 4050. The number of aryl methyl sites for hydroxylation is 6. The number of hydrogen-bond acceptors (Lipinski definition) is 2. The molecule has 0 heterocycles. The van der Waals surface area contributed by atoms with E-state index in [1.807, 2.05) is 0 Å². The molecule has 3 aliphatic rings. The van der Waals surface area contributed by atoms with Gasteiger partial charge in [-0.1, -0.05) is 340 Å². The average molecular weight is 1330 g/mol. The zero-order valence-electron chi connectivity index (χ0n) is 64.5. The summed E-state index contributed by atoms with van der Waals surface area (Å²) >= 11 is 0. The summed E-state index contributed by atoms with van der Waals surface area (Å²) in [5.41, 5.74) is 25.5. The first-order valence-corrected chi connectivity index (χ1v) is 40.3. The summed E-state index contributed by atoms with van der Waals surface area (Å²) in [5, 5.41) is 8.54. The van der Waals surface area contributed by atoms with Crippen LogP contribution in [-0.4, -0.2) is 13.2 Å². The number of unbranched alkanes of at least 4 members (excludes halogenated alkanes) is 18. The lowest BCUT2D eigenvalue weighted by Gasteiger charge is -2.42. The molecule has 2 nitrogen and oxygen atoms in total. The van der Waals surface area contributed by atoms with Crippen LogP contribution >= 0.6 is 0 Å². The monoisotopic (exact) mass is 1320 g/mol. The van der Waals surface area contributed by atoms with Crippen molar-refractivity contribution >= 4 is 32.3 Å². The van der Waals surface area contributed by atoms with Crippen molar-refractivity contribution in [1.82, 2.24) is 0 Å². The zero-order chi connectivity index (χ0) is 70.1. The van der Waals surface area contributed by atoms with E-state index in [4.69, 9.17) is 9.47 Å². The first-order chi connectivity index (χ1) is 48.1. The van der Waals surface area contributed by atoms with Crippen molar-refractivity contribution in [3.63, 3.8) is 0 Å². The summed E-state index contributed by atoms with van der Waals surface area (Å²) in [6.07, 6.45) is 36.4. The van der Waals surface area contributed by atoms with Crippen molar-refractivity contribution in [3.05, 3.63) is 212 Å². The summed E-state index contributed by atoms with van der Waals surface area (Å²) < 4.78 is 13.7. The molecule has 0 amide bonds. The Morgan fingerprint density at radius 3 is 0.960 bits per heavy atom. The van der Waals surface area contributed by atoms with Gasteiger partial charge in [0.1, 0.15) is 0 Å². The van der Waals surface area contributed by atoms with Gasteiger partial charge in [0, 0.05) is 22.0 Å². The minimum atomic E-state index is -0.847. The highest BCUT2D eigenvalue weighted by molar-refractivity contribution is 6.07. The van der Waals surface area contributed by atoms with Gasteiger partial charge in [-0.25, -0.2) is 0 Å². The third kappa shape index (κ3) is 16.8. The second-order valence-corrected chi connectivity index (χ2v) is 31.8. The predicted octanol–water partition coefficient (Wildman–Crippen LogP) is 29.4. The maximum atomic E-state index is 6.87. The average Bonchev–Trinajstić information content (AvgIpc) is 0.729. The molecule has 12 rings (SSSR count). The van der Waals surface area contributed by atoms with E-state index in [0.29, 0.717) is 13.2 Å². The largest absolute Gasteiger partial charge is 0.342 e. The van der Waals surface area contributed by atoms with Crippen LogP contribution in [-0.2, 0) is 26.1 Å². The molecule has 0 saturated carbocycles. The van der Waals surface area contributed by atoms with Gasteiger partial charge in [-0.05, 0) is 215 Å². The molecule has 9 aromatic carbocycles. The van der Waals surface area contributed by atoms with Crippen molar-refractivity contribution < 1.29 is 9.47 Å². The van der Waals surface area contributed by atoms with E-state index in [2.05, 4.69) is 243 Å². The summed E-state index contributed by atoms with van der Waals surface area (Å²) in [6.45, 7) is 33.5. The van der Waals surface area contributed by atoms with Crippen molar-refractivity contribution in [3.8, 4) is 33.4 Å². The van der Waals surface area contributed by atoms with Gasteiger partial charge in [0.05, 0.1) is 13.2 Å². The van der Waals surface area contributed by atoms with Crippen LogP contribution in [0.15, 0.2) is 146 Å². The van der Waals surface area contributed by atoms with E-state index in [1.54, 1.807) is 27.6 Å². The van der Waals surface area contributed by atoms with Gasteiger partial charge in [0.2, 0.25) is 5.79 Å². The molecule has 9 aromatic rings. The Morgan fingerprint density at radius 1 is 0.283 bits per heavy atom. The normalized spacial score (nSPS) is 14.1. The van der Waals surface area contributed by atoms with Crippen LogP contribution in [0.1, 0.15) is 302 Å². The summed E-state index contributed by atoms with van der Waals surface area (Å²) in [6, 6.07) is 56.1. The highest BCUT2D eigenvalue weighted by Crippen LogP contribution is 2.57. The molecule has 0 fully saturated rings. The fourth-order valence-electron chi connectivity index (χ4n) is 17.6. The number of fused-ring (bicyclic) bond motifs is 6. The van der Waals surface area contributed by atoms with Crippen molar-refractivity contribution in [2.24, 2.45) is 11.8 Å². The van der Waals surface area contributed by atoms with Gasteiger partial charge in [0.15, 0.2) is 0 Å². The molecule has 3 aliphatic carbocycles. The van der Waals surface area contributed by atoms with Crippen LogP contribution in [0.2, 0.25) is 0 Å². The minimum Gasteiger partial charge on any atom is -0.342 e. The number of ether oxygens (including phenoxy) is 2. The Labute approximate surface area is 602 Å². The van der Waals surface area contributed by atoms with Crippen molar-refractivity contribution in [2.45, 2.75) is 293 Å². The Hall–Kier alpha value is -6.32. The summed E-state index contributed by atoms with van der Waals surface area (Å²) in [4.78, 5) is 0. The quantitative estimate of drug-likeness (QED) is 0.0296. The van der Waals surface area contributed by atoms with Crippen LogP contribution in [0.4, 0.5) is 0 Å². The van der Waals surface area contributed by atoms with E-state index in [9.17, 15) is 0 Å². The fourth-order valence-corrected chi connectivity index (χ4v) is 17.6. The first kappa shape index (κ1) is 75.3. The van der Waals surface area contributed by atoms with E-state index >= 15 is 0 Å². The molecular formula is C97H128O2. The Kier molecular flexibility index (Phi) is 27.0. The van der Waals surface area contributed by atoms with Crippen LogP contribution in [0, 0.1) is 53.4 Å². The number of benzene rings is 9. The van der Waals surface area contributed by atoms with E-state index in [-0.39, 0.29) is 10.8 Å². The fraction of sp³-hybridized carbons (Fsp3) is 0.505. The van der Waals surface area contributed by atoms with E-state index in [0.717, 1.165) is 30.2 Å². The molecule has 0 saturated heterocycles. The van der Waals surface area contributed by atoms with Gasteiger partial charge < -0.3 is 9.47 Å². The van der Waals surface area contributed by atoms with Gasteiger partial charge in [-0.2, -0.15) is 0 Å². The second-order valence-electron chi connectivity index (χ2n) is 31.8. The topological polar surface area (TPSA) is 18.5 Å². The Balaban J connectivity index is 0.000000162. The molecule has 0 unspecified atom stereocenters. The van der Waals surface area contributed by atoms with E-state index < -0.39 is 5.79 Å². The first-order valence-electron chi connectivity index (χ1n) is 40.3. The third-order valence-electron chi connectivity index (χ3n) is 23.3. The molecule has 0 radical (unpaired) electrons. The van der Waals surface area contributed by atoms with E-state index in [1.165, 1.54) is 266 Å². The lowest BCUT2D eigenvalue weighted by atomic mass is 9.61. The maximum Gasteiger partial charge on any atom is 0.223 e. The lowest BCUT2D eigenvalue weighted by Crippen LogP contribution is -2.38. The molecule has 0 atom stereocenters. The second kappa shape index (κ2) is 35.5. The zero-order valence-corrected chi connectivity index (χ0v) is 64.5. The molecule has 0 spiro atoms. The minimum absolute atomic E-state index is 0.121. The lowest BCUT2D eigenvalue weighted by molar-refractivity contribution is -0.218. The van der Waals surface area contributed by atoms with Gasteiger partial charge in [-0.3, -0.25) is 0 Å². The van der Waals surface area contributed by atoms with Crippen LogP contribution in [0.3, 0.4) is 0 Å². The van der Waals surface area contributed by atoms with Crippen LogP contribution < -0.4 is 0 Å². The molecule has 0 aromatic heterocycles. The SMILES string of the molecule is CCCCCCCCCC1(CCCCCCCCC)c2cc(C)ccc2-c2ccc(C)c3cccc1c23.CCCCCCOC1(OCCCCCC)c2cc(C)ccc2-c2ccc(C)c3cccc1c23.Cc1ccc2c(c1)C(CCC(C)C)(CCC(C)C)c1cccc3c(C)ccc-2c13. The van der Waals surface area contributed by atoms with Crippen molar-refractivity contribution in [1.29, 1.82) is 0 Å². The molecule has 0 aliphatic heterocycles. The molecule has 0 N–H and O–H groups in total. The number of rotatable bonds is 34. The van der Waals surface area contributed by atoms with Gasteiger partial charge in [0.25, 0.3) is 0 Å². The highest BCUT2D eigenvalue weighted by atomic mass is 16.7. The van der Waals surface area contributed by atoms with Crippen LogP contribution in [0.5, 0.6) is 0 Å². The highest BCUT2D eigenvalue weighted by Gasteiger charge is 2.45. The number of hydrogen-bond donors (Lipinski definition) is 0. The molecule has 528 valence electrons. The molecular weight excluding hydrogens is 1200 g/mol. The molecule has 2 heteroatoms. The molecule has 0 bridgehead atoms. The summed E-state index contributed by atoms with van der Waals surface area (Å²) in [7, 11) is 0. The smallest absolute Gasteiger partial charge is 0.223 e. The van der Waals surface area contributed by atoms with Crippen molar-refractivity contribution in [2.75, 3.05) is 13.2 Å². The summed E-state index contributed by atoms with van der Waals surface area (Å²) in [5.74, 6) is 0.592. The third-order valence-corrected chi connectivity index (χ3v) is 23.3. The molecule has 99 heavy (non-hydrogen) atoms. The van der Waals surface area contributed by atoms with Gasteiger partial charge >= 0.3 is 0 Å².